The van der Waals surface area contributed by atoms with E-state index in [0.29, 0.717) is 19.0 Å². The highest BCUT2D eigenvalue weighted by molar-refractivity contribution is 5.16. The summed E-state index contributed by atoms with van der Waals surface area (Å²) >= 11 is 0. The molecule has 12 heavy (non-hydrogen) atoms. The van der Waals surface area contributed by atoms with E-state index in [-0.39, 0.29) is 6.42 Å². The summed E-state index contributed by atoms with van der Waals surface area (Å²) in [4.78, 5) is 2.08. The lowest BCUT2D eigenvalue weighted by molar-refractivity contribution is 0.0672. The fraction of sp³-hybridized carbons (Fsp3) is 1.00. The molecule has 3 heteroatoms. The van der Waals surface area contributed by atoms with Gasteiger partial charge in [-0.1, -0.05) is 6.92 Å². The van der Waals surface area contributed by atoms with Gasteiger partial charge in [0.15, 0.2) is 0 Å². The second-order valence-corrected chi connectivity index (χ2v) is 4.34. The van der Waals surface area contributed by atoms with Gasteiger partial charge in [-0.3, -0.25) is 0 Å². The SMILES string of the molecule is CCC1C[C@@]2(CN1C)CC2(F)F. The average molecular weight is 175 g/mol. The van der Waals surface area contributed by atoms with Crippen molar-refractivity contribution in [1.82, 2.24) is 4.90 Å². The van der Waals surface area contributed by atoms with Crippen molar-refractivity contribution in [2.75, 3.05) is 13.6 Å². The van der Waals surface area contributed by atoms with Gasteiger partial charge in [-0.05, 0) is 19.9 Å². The first-order valence-corrected chi connectivity index (χ1v) is 4.59. The quantitative estimate of drug-likeness (QED) is 0.590. The third-order valence-corrected chi connectivity index (χ3v) is 3.48. The van der Waals surface area contributed by atoms with Gasteiger partial charge in [-0.25, -0.2) is 8.78 Å². The van der Waals surface area contributed by atoms with Gasteiger partial charge in [0.25, 0.3) is 5.92 Å². The first-order valence-electron chi connectivity index (χ1n) is 4.59. The van der Waals surface area contributed by atoms with Gasteiger partial charge in [0.1, 0.15) is 0 Å². The molecule has 2 atom stereocenters. The van der Waals surface area contributed by atoms with Gasteiger partial charge in [-0.2, -0.15) is 0 Å². The zero-order chi connectivity index (χ0) is 8.98. The third-order valence-electron chi connectivity index (χ3n) is 3.48. The molecule has 70 valence electrons. The van der Waals surface area contributed by atoms with Gasteiger partial charge >= 0.3 is 0 Å². The Kier molecular flexibility index (Phi) is 1.54. The molecule has 1 nitrogen and oxygen atoms in total. The van der Waals surface area contributed by atoms with Crippen LogP contribution in [-0.2, 0) is 0 Å². The molecule has 0 amide bonds. The molecule has 1 heterocycles. The molecule has 2 aliphatic rings. The molecule has 1 aliphatic carbocycles. The lowest BCUT2D eigenvalue weighted by atomic mass is 10.0. The highest BCUT2D eigenvalue weighted by Crippen LogP contribution is 2.66. The molecule has 0 radical (unpaired) electrons. The minimum absolute atomic E-state index is 0.126. The van der Waals surface area contributed by atoms with Gasteiger partial charge in [0.2, 0.25) is 0 Å². The van der Waals surface area contributed by atoms with Gasteiger partial charge in [0.05, 0.1) is 5.41 Å². The zero-order valence-electron chi connectivity index (χ0n) is 7.61. The highest BCUT2D eigenvalue weighted by Gasteiger charge is 2.73. The van der Waals surface area contributed by atoms with Crippen molar-refractivity contribution in [3.8, 4) is 0 Å². The van der Waals surface area contributed by atoms with Crippen molar-refractivity contribution < 1.29 is 8.78 Å². The molecule has 2 rings (SSSR count). The van der Waals surface area contributed by atoms with E-state index in [9.17, 15) is 8.78 Å². The van der Waals surface area contributed by atoms with E-state index in [0.717, 1.165) is 6.42 Å². The Morgan fingerprint density at radius 2 is 2.08 bits per heavy atom. The summed E-state index contributed by atoms with van der Waals surface area (Å²) in [6.45, 7) is 2.67. The number of likely N-dealkylation sites (tertiary alicyclic amines) is 1. The highest BCUT2D eigenvalue weighted by atomic mass is 19.3. The first kappa shape index (κ1) is 8.42. The molecule has 0 aromatic heterocycles. The Balaban J connectivity index is 2.08. The molecule has 1 saturated heterocycles. The smallest absolute Gasteiger partial charge is 0.255 e. The lowest BCUT2D eigenvalue weighted by Gasteiger charge is -2.15. The molecule has 2 fully saturated rings. The number of hydrogen-bond donors (Lipinski definition) is 0. The molecule has 0 bridgehead atoms. The zero-order valence-corrected chi connectivity index (χ0v) is 7.61. The van der Waals surface area contributed by atoms with Gasteiger partial charge in [0, 0.05) is 19.0 Å². The van der Waals surface area contributed by atoms with E-state index in [1.54, 1.807) is 0 Å². The molecular weight excluding hydrogens is 160 g/mol. The summed E-state index contributed by atoms with van der Waals surface area (Å²) in [6.07, 6.45) is 1.82. The Morgan fingerprint density at radius 3 is 2.33 bits per heavy atom. The van der Waals surface area contributed by atoms with E-state index < -0.39 is 11.3 Å². The first-order chi connectivity index (χ1) is 5.51. The molecule has 0 aromatic rings. The third kappa shape index (κ3) is 0.920. The van der Waals surface area contributed by atoms with E-state index in [1.807, 2.05) is 7.05 Å². The van der Waals surface area contributed by atoms with Crippen LogP contribution in [-0.4, -0.2) is 30.5 Å². The van der Waals surface area contributed by atoms with Gasteiger partial charge < -0.3 is 4.90 Å². The fourth-order valence-corrected chi connectivity index (χ4v) is 2.51. The molecule has 1 unspecified atom stereocenters. The van der Waals surface area contributed by atoms with E-state index in [2.05, 4.69) is 11.8 Å². The lowest BCUT2D eigenvalue weighted by Crippen LogP contribution is -2.24. The number of alkyl halides is 2. The number of halogens is 2. The van der Waals surface area contributed by atoms with Crippen LogP contribution in [0.1, 0.15) is 26.2 Å². The summed E-state index contributed by atoms with van der Waals surface area (Å²) in [7, 11) is 1.96. The molecule has 1 spiro atoms. The number of rotatable bonds is 1. The van der Waals surface area contributed by atoms with Crippen LogP contribution in [0, 0.1) is 5.41 Å². The van der Waals surface area contributed by atoms with Crippen LogP contribution in [0.2, 0.25) is 0 Å². The molecule has 1 saturated carbocycles. The topological polar surface area (TPSA) is 3.24 Å². The van der Waals surface area contributed by atoms with Crippen molar-refractivity contribution in [3.05, 3.63) is 0 Å². The monoisotopic (exact) mass is 175 g/mol. The number of hydrogen-bond acceptors (Lipinski definition) is 1. The maximum absolute atomic E-state index is 12.9. The summed E-state index contributed by atoms with van der Waals surface area (Å²) < 4.78 is 25.9. The Bertz CT molecular complexity index is 205. The van der Waals surface area contributed by atoms with E-state index in [1.165, 1.54) is 0 Å². The largest absolute Gasteiger partial charge is 0.303 e. The van der Waals surface area contributed by atoms with Crippen LogP contribution >= 0.6 is 0 Å². The molecular formula is C9H15F2N. The summed E-state index contributed by atoms with van der Waals surface area (Å²) in [5, 5.41) is 0. The molecule has 0 aromatic carbocycles. The maximum Gasteiger partial charge on any atom is 0.255 e. The van der Waals surface area contributed by atoms with Crippen LogP contribution in [0.3, 0.4) is 0 Å². The van der Waals surface area contributed by atoms with Crippen molar-refractivity contribution in [1.29, 1.82) is 0 Å². The predicted octanol–water partition coefficient (Wildman–Crippen LogP) is 2.13. The minimum atomic E-state index is -2.36. The minimum Gasteiger partial charge on any atom is -0.303 e. The van der Waals surface area contributed by atoms with Crippen molar-refractivity contribution in [3.63, 3.8) is 0 Å². The number of nitrogens with zero attached hydrogens (tertiary/aromatic N) is 1. The summed E-state index contributed by atoms with van der Waals surface area (Å²) in [6, 6.07) is 0.387. The van der Waals surface area contributed by atoms with Crippen LogP contribution in [0.25, 0.3) is 0 Å². The molecule has 1 aliphatic heterocycles. The Labute approximate surface area is 71.7 Å². The fourth-order valence-electron chi connectivity index (χ4n) is 2.51. The molecule has 0 N–H and O–H groups in total. The second kappa shape index (κ2) is 2.19. The maximum atomic E-state index is 12.9. The van der Waals surface area contributed by atoms with Crippen LogP contribution in [0.5, 0.6) is 0 Å². The predicted molar refractivity (Wildman–Crippen MR) is 43.3 cm³/mol. The van der Waals surface area contributed by atoms with Crippen LogP contribution < -0.4 is 0 Å². The van der Waals surface area contributed by atoms with Crippen LogP contribution in [0.15, 0.2) is 0 Å². The van der Waals surface area contributed by atoms with Gasteiger partial charge in [-0.15, -0.1) is 0 Å². The van der Waals surface area contributed by atoms with Crippen LogP contribution in [0.4, 0.5) is 8.78 Å². The van der Waals surface area contributed by atoms with E-state index >= 15 is 0 Å². The Morgan fingerprint density at radius 1 is 1.50 bits per heavy atom. The Hall–Kier alpha value is -0.180. The standard InChI is InChI=1S/C9H15F2N/c1-3-7-4-8(6-12(7)2)5-9(8,10)11/h7H,3-6H2,1-2H3/t7?,8-/m0/s1. The summed E-state index contributed by atoms with van der Waals surface area (Å²) in [5.41, 5.74) is -0.623. The second-order valence-electron chi connectivity index (χ2n) is 4.34. The van der Waals surface area contributed by atoms with Crippen molar-refractivity contribution in [2.45, 2.75) is 38.2 Å². The van der Waals surface area contributed by atoms with E-state index in [4.69, 9.17) is 0 Å². The normalized spacial score (nSPS) is 45.5. The summed E-state index contributed by atoms with van der Waals surface area (Å²) in [5.74, 6) is -2.36. The van der Waals surface area contributed by atoms with Crippen molar-refractivity contribution >= 4 is 0 Å². The van der Waals surface area contributed by atoms with Crippen molar-refractivity contribution in [2.24, 2.45) is 5.41 Å². The average Bonchev–Trinajstić information content (AvgIpc) is 2.35.